The Bertz CT molecular complexity index is 939. The van der Waals surface area contributed by atoms with Gasteiger partial charge in [-0.05, 0) is 98.7 Å². The molecule has 2 N–H and O–H groups in total. The van der Waals surface area contributed by atoms with Crippen molar-refractivity contribution in [2.45, 2.75) is 37.7 Å². The van der Waals surface area contributed by atoms with E-state index >= 15 is 0 Å². The maximum atomic E-state index is 10.9. The third-order valence-electron chi connectivity index (χ3n) is 7.10. The summed E-state index contributed by atoms with van der Waals surface area (Å²) in [5, 5.41) is 16.0. The molecule has 0 saturated carbocycles. The molecular formula is C26H33Cl2N3O2S. The van der Waals surface area contributed by atoms with Crippen molar-refractivity contribution in [3.8, 4) is 5.75 Å². The van der Waals surface area contributed by atoms with E-state index in [-0.39, 0.29) is 6.10 Å². The van der Waals surface area contributed by atoms with Crippen molar-refractivity contribution in [3.63, 3.8) is 0 Å². The number of piperidine rings is 2. The molecule has 2 saturated heterocycles. The number of aliphatic hydroxyl groups is 1. The van der Waals surface area contributed by atoms with Crippen LogP contribution in [0.15, 0.2) is 42.5 Å². The Hall–Kier alpha value is -1.57. The van der Waals surface area contributed by atoms with E-state index in [2.05, 4.69) is 27.2 Å². The maximum absolute atomic E-state index is 10.9. The monoisotopic (exact) mass is 521 g/mol. The third kappa shape index (κ3) is 6.76. The van der Waals surface area contributed by atoms with Crippen LogP contribution >= 0.6 is 35.4 Å². The van der Waals surface area contributed by atoms with E-state index in [9.17, 15) is 5.11 Å². The normalized spacial score (nSPS) is 19.1. The number of anilines is 1. The minimum Gasteiger partial charge on any atom is -0.497 e. The minimum atomic E-state index is -0.298. The molecule has 2 aliphatic heterocycles. The fraction of sp³-hybridized carbons (Fsp3) is 0.500. The molecule has 0 bridgehead atoms. The second-order valence-corrected chi connectivity index (χ2v) is 10.6. The molecule has 2 heterocycles. The average molecular weight is 523 g/mol. The van der Waals surface area contributed by atoms with Crippen LogP contribution < -0.4 is 10.1 Å². The van der Waals surface area contributed by atoms with Gasteiger partial charge in [0.2, 0.25) is 0 Å². The van der Waals surface area contributed by atoms with Gasteiger partial charge in [-0.15, -0.1) is 0 Å². The first-order valence-corrected chi connectivity index (χ1v) is 13.1. The zero-order chi connectivity index (χ0) is 24.1. The van der Waals surface area contributed by atoms with Gasteiger partial charge in [0, 0.05) is 35.4 Å². The van der Waals surface area contributed by atoms with Gasteiger partial charge in [-0.3, -0.25) is 0 Å². The highest BCUT2D eigenvalue weighted by Gasteiger charge is 2.29. The van der Waals surface area contributed by atoms with Crippen LogP contribution in [-0.4, -0.2) is 66.0 Å². The molecule has 2 aromatic carbocycles. The highest BCUT2D eigenvalue weighted by molar-refractivity contribution is 7.80. The zero-order valence-corrected chi connectivity index (χ0v) is 21.9. The van der Waals surface area contributed by atoms with Gasteiger partial charge in [-0.1, -0.05) is 35.3 Å². The number of β-amino-alcohol motifs (C(OH)–C–C–N with tert-alkyl or cyclic N) is 1. The molecule has 8 heteroatoms. The van der Waals surface area contributed by atoms with Crippen LogP contribution in [0.4, 0.5) is 5.69 Å². The zero-order valence-electron chi connectivity index (χ0n) is 19.6. The molecule has 2 aliphatic rings. The summed E-state index contributed by atoms with van der Waals surface area (Å²) in [5.74, 6) is 1.80. The lowest BCUT2D eigenvalue weighted by atomic mass is 9.88. The first kappa shape index (κ1) is 25.5. The highest BCUT2D eigenvalue weighted by atomic mass is 35.5. The number of nitrogens with one attached hydrogen (secondary N) is 1. The van der Waals surface area contributed by atoms with Gasteiger partial charge >= 0.3 is 0 Å². The molecule has 0 aromatic heterocycles. The molecular weight excluding hydrogens is 489 g/mol. The van der Waals surface area contributed by atoms with Gasteiger partial charge in [0.05, 0.1) is 13.2 Å². The van der Waals surface area contributed by atoms with E-state index in [0.29, 0.717) is 27.0 Å². The summed E-state index contributed by atoms with van der Waals surface area (Å²) >= 11 is 17.8. The molecule has 4 rings (SSSR count). The smallest absolute Gasteiger partial charge is 0.173 e. The molecule has 2 aromatic rings. The Labute approximate surface area is 218 Å². The number of hydrogen-bond donors (Lipinski definition) is 2. The Kier molecular flexibility index (Phi) is 8.94. The van der Waals surface area contributed by atoms with E-state index < -0.39 is 0 Å². The standard InChI is InChI=1S/C26H33Cl2N3O2S/c1-33-24-4-2-18(3-5-24)19-6-10-30(11-7-19)17-25(32)20-8-12-31(13-9-20)26(34)29-23-15-21(27)14-22(28)16-23/h2-5,14-16,19-20,25,32H,6-13,17H2,1H3,(H,29,34). The number of nitrogens with zero attached hydrogens (tertiary/aromatic N) is 2. The van der Waals surface area contributed by atoms with Gasteiger partial charge in [0.25, 0.3) is 0 Å². The second kappa shape index (κ2) is 11.9. The van der Waals surface area contributed by atoms with Crippen molar-refractivity contribution in [2.75, 3.05) is 45.2 Å². The van der Waals surface area contributed by atoms with E-state index in [1.807, 2.05) is 24.3 Å². The number of methoxy groups -OCH3 is 1. The Morgan fingerprint density at radius 2 is 1.65 bits per heavy atom. The predicted octanol–water partition coefficient (Wildman–Crippen LogP) is 5.65. The Morgan fingerprint density at radius 3 is 2.24 bits per heavy atom. The lowest BCUT2D eigenvalue weighted by Gasteiger charge is -2.38. The number of ether oxygens (including phenoxy) is 1. The number of halogens is 2. The van der Waals surface area contributed by atoms with Crippen LogP contribution in [0.5, 0.6) is 5.75 Å². The largest absolute Gasteiger partial charge is 0.497 e. The maximum Gasteiger partial charge on any atom is 0.173 e. The van der Waals surface area contributed by atoms with E-state index in [1.54, 1.807) is 13.2 Å². The van der Waals surface area contributed by atoms with Crippen LogP contribution in [0.3, 0.4) is 0 Å². The Balaban J connectivity index is 1.19. The van der Waals surface area contributed by atoms with Crippen LogP contribution in [0, 0.1) is 5.92 Å². The molecule has 184 valence electrons. The number of rotatable bonds is 6. The summed E-state index contributed by atoms with van der Waals surface area (Å²) < 4.78 is 5.27. The summed E-state index contributed by atoms with van der Waals surface area (Å²) in [4.78, 5) is 4.58. The summed E-state index contributed by atoms with van der Waals surface area (Å²) in [5.41, 5.74) is 2.18. The molecule has 2 fully saturated rings. The van der Waals surface area contributed by atoms with E-state index in [0.717, 1.165) is 69.8 Å². The van der Waals surface area contributed by atoms with Crippen molar-refractivity contribution >= 4 is 46.2 Å². The highest BCUT2D eigenvalue weighted by Crippen LogP contribution is 2.30. The molecule has 0 aliphatic carbocycles. The number of hydrogen-bond acceptors (Lipinski definition) is 4. The van der Waals surface area contributed by atoms with Crippen LogP contribution in [0.25, 0.3) is 0 Å². The molecule has 0 radical (unpaired) electrons. The summed E-state index contributed by atoms with van der Waals surface area (Å²) in [7, 11) is 1.70. The van der Waals surface area contributed by atoms with Crippen LogP contribution in [-0.2, 0) is 0 Å². The van der Waals surface area contributed by atoms with Crippen LogP contribution in [0.1, 0.15) is 37.2 Å². The van der Waals surface area contributed by atoms with Crippen molar-refractivity contribution in [1.82, 2.24) is 9.80 Å². The lowest BCUT2D eigenvalue weighted by Crippen LogP contribution is -2.46. The number of benzene rings is 2. The predicted molar refractivity (Wildman–Crippen MR) is 144 cm³/mol. The van der Waals surface area contributed by atoms with Gasteiger partial charge < -0.3 is 25.0 Å². The average Bonchev–Trinajstić information content (AvgIpc) is 2.84. The number of likely N-dealkylation sites (tertiary alicyclic amines) is 2. The number of aliphatic hydroxyl groups excluding tert-OH is 1. The fourth-order valence-electron chi connectivity index (χ4n) is 5.05. The van der Waals surface area contributed by atoms with Crippen molar-refractivity contribution in [2.24, 2.45) is 5.92 Å². The van der Waals surface area contributed by atoms with Crippen molar-refractivity contribution in [3.05, 3.63) is 58.1 Å². The fourth-order valence-corrected chi connectivity index (χ4v) is 5.88. The van der Waals surface area contributed by atoms with E-state index in [1.165, 1.54) is 5.56 Å². The van der Waals surface area contributed by atoms with Gasteiger partial charge in [-0.25, -0.2) is 0 Å². The van der Waals surface area contributed by atoms with Crippen molar-refractivity contribution < 1.29 is 9.84 Å². The molecule has 0 amide bonds. The molecule has 5 nitrogen and oxygen atoms in total. The molecule has 0 spiro atoms. The van der Waals surface area contributed by atoms with Gasteiger partial charge in [0.15, 0.2) is 5.11 Å². The van der Waals surface area contributed by atoms with Crippen molar-refractivity contribution in [1.29, 1.82) is 0 Å². The second-order valence-electron chi connectivity index (χ2n) is 9.33. The summed E-state index contributed by atoms with van der Waals surface area (Å²) in [6, 6.07) is 13.8. The van der Waals surface area contributed by atoms with Gasteiger partial charge in [-0.2, -0.15) is 0 Å². The molecule has 1 unspecified atom stereocenters. The molecule has 1 atom stereocenters. The summed E-state index contributed by atoms with van der Waals surface area (Å²) in [6.07, 6.45) is 3.83. The van der Waals surface area contributed by atoms with E-state index in [4.69, 9.17) is 40.2 Å². The lowest BCUT2D eigenvalue weighted by molar-refractivity contribution is 0.0343. The topological polar surface area (TPSA) is 48.0 Å². The quantitative estimate of drug-likeness (QED) is 0.478. The molecule has 34 heavy (non-hydrogen) atoms. The first-order valence-electron chi connectivity index (χ1n) is 12.0. The summed E-state index contributed by atoms with van der Waals surface area (Å²) in [6.45, 7) is 4.48. The minimum absolute atomic E-state index is 0.298. The number of thiocarbonyl (C=S) groups is 1. The third-order valence-corrected chi connectivity index (χ3v) is 7.90. The van der Waals surface area contributed by atoms with Crippen LogP contribution in [0.2, 0.25) is 10.0 Å². The SMILES string of the molecule is COc1ccc(C2CCN(CC(O)C3CCN(C(=S)Nc4cc(Cl)cc(Cl)c4)CC3)CC2)cc1. The Morgan fingerprint density at radius 1 is 1.03 bits per heavy atom. The first-order chi connectivity index (χ1) is 16.4. The van der Waals surface area contributed by atoms with Gasteiger partial charge in [0.1, 0.15) is 5.75 Å².